The molecule has 3 rings (SSSR count). The lowest BCUT2D eigenvalue weighted by Crippen LogP contribution is -2.42. The van der Waals surface area contributed by atoms with Crippen LogP contribution in [0.2, 0.25) is 0 Å². The highest BCUT2D eigenvalue weighted by molar-refractivity contribution is 5.68. The molecule has 1 saturated heterocycles. The molecule has 128 valence electrons. The first kappa shape index (κ1) is 16.6. The molecule has 0 atom stereocenters. The molecule has 0 N–H and O–H groups in total. The first-order chi connectivity index (χ1) is 11.4. The number of rotatable bonds is 2. The van der Waals surface area contributed by atoms with E-state index in [-0.39, 0.29) is 6.09 Å². The van der Waals surface area contributed by atoms with Crippen molar-refractivity contribution < 1.29 is 9.53 Å². The van der Waals surface area contributed by atoms with E-state index < -0.39 is 5.60 Å². The van der Waals surface area contributed by atoms with Gasteiger partial charge in [-0.1, -0.05) is 30.3 Å². The Morgan fingerprint density at radius 3 is 2.42 bits per heavy atom. The van der Waals surface area contributed by atoms with Crippen LogP contribution in [0.4, 0.5) is 4.79 Å². The zero-order chi connectivity index (χ0) is 17.2. The molecule has 0 aliphatic carbocycles. The lowest BCUT2D eigenvalue weighted by Gasteiger charge is -2.33. The average Bonchev–Trinajstić information content (AvgIpc) is 3.04. The molecular formula is C19H25N3O2. The molecule has 0 saturated carbocycles. The fourth-order valence-corrected chi connectivity index (χ4v) is 2.96. The Balaban J connectivity index is 1.59. The number of hydrogen-bond acceptors (Lipinski definition) is 3. The number of benzene rings is 1. The molecule has 1 amide bonds. The van der Waals surface area contributed by atoms with Crippen LogP contribution < -0.4 is 0 Å². The molecule has 2 heterocycles. The standard InChI is InChI=1S/C19H25N3O2/c1-19(2,3)24-18(23)21-11-9-17(10-12-21)22-14-16(13-20-22)15-7-5-4-6-8-15/h4-8,13-14,17H,9-12H2,1-3H3. The number of likely N-dealkylation sites (tertiary alicyclic amines) is 1. The Labute approximate surface area is 143 Å². The minimum atomic E-state index is -0.444. The Morgan fingerprint density at radius 2 is 1.79 bits per heavy atom. The van der Waals surface area contributed by atoms with Crippen molar-refractivity contribution in [2.24, 2.45) is 0 Å². The monoisotopic (exact) mass is 327 g/mol. The van der Waals surface area contributed by atoms with Crippen molar-refractivity contribution >= 4 is 6.09 Å². The van der Waals surface area contributed by atoms with Crippen LogP contribution in [0.5, 0.6) is 0 Å². The third-order valence-electron chi connectivity index (χ3n) is 4.20. The third kappa shape index (κ3) is 3.96. The van der Waals surface area contributed by atoms with Gasteiger partial charge in [0.2, 0.25) is 0 Å². The molecule has 1 aliphatic heterocycles. The summed E-state index contributed by atoms with van der Waals surface area (Å²) in [6.45, 7) is 7.10. The minimum Gasteiger partial charge on any atom is -0.444 e. The van der Waals surface area contributed by atoms with Crippen LogP contribution in [-0.2, 0) is 4.74 Å². The lowest BCUT2D eigenvalue weighted by molar-refractivity contribution is 0.0185. The van der Waals surface area contributed by atoms with Gasteiger partial charge in [-0.2, -0.15) is 5.10 Å². The molecule has 24 heavy (non-hydrogen) atoms. The van der Waals surface area contributed by atoms with Crippen molar-refractivity contribution in [2.45, 2.75) is 45.3 Å². The number of ether oxygens (including phenoxy) is 1. The van der Waals surface area contributed by atoms with Gasteiger partial charge in [-0.15, -0.1) is 0 Å². The summed E-state index contributed by atoms with van der Waals surface area (Å²) in [6.07, 6.45) is 5.59. The Bertz CT molecular complexity index is 680. The summed E-state index contributed by atoms with van der Waals surface area (Å²) in [5.74, 6) is 0. The maximum atomic E-state index is 12.1. The quantitative estimate of drug-likeness (QED) is 0.833. The number of aromatic nitrogens is 2. The van der Waals surface area contributed by atoms with Gasteiger partial charge in [-0.05, 0) is 39.2 Å². The molecule has 0 radical (unpaired) electrons. The van der Waals surface area contributed by atoms with Gasteiger partial charge in [-0.3, -0.25) is 4.68 Å². The molecule has 1 fully saturated rings. The minimum absolute atomic E-state index is 0.216. The molecule has 5 nitrogen and oxygen atoms in total. The van der Waals surface area contributed by atoms with Crippen LogP contribution in [0, 0.1) is 0 Å². The number of nitrogens with zero attached hydrogens (tertiary/aromatic N) is 3. The Kier molecular flexibility index (Phi) is 4.60. The summed E-state index contributed by atoms with van der Waals surface area (Å²) >= 11 is 0. The number of carbonyl (C=O) groups excluding carboxylic acids is 1. The highest BCUT2D eigenvalue weighted by Crippen LogP contribution is 2.26. The fraction of sp³-hybridized carbons (Fsp3) is 0.474. The number of amides is 1. The van der Waals surface area contributed by atoms with E-state index >= 15 is 0 Å². The van der Waals surface area contributed by atoms with Gasteiger partial charge in [-0.25, -0.2) is 4.79 Å². The van der Waals surface area contributed by atoms with Crippen molar-refractivity contribution in [3.05, 3.63) is 42.7 Å². The molecule has 1 aromatic heterocycles. The molecule has 5 heteroatoms. The first-order valence-electron chi connectivity index (χ1n) is 8.50. The number of hydrogen-bond donors (Lipinski definition) is 0. The van der Waals surface area contributed by atoms with Crippen LogP contribution in [0.3, 0.4) is 0 Å². The fourth-order valence-electron chi connectivity index (χ4n) is 2.96. The Morgan fingerprint density at radius 1 is 1.12 bits per heavy atom. The van der Waals surface area contributed by atoms with Gasteiger partial charge in [0.25, 0.3) is 0 Å². The van der Waals surface area contributed by atoms with Crippen molar-refractivity contribution in [3.8, 4) is 11.1 Å². The summed E-state index contributed by atoms with van der Waals surface area (Å²) < 4.78 is 7.48. The van der Waals surface area contributed by atoms with Gasteiger partial charge >= 0.3 is 6.09 Å². The smallest absolute Gasteiger partial charge is 0.410 e. The van der Waals surface area contributed by atoms with E-state index in [1.807, 2.05) is 49.8 Å². The number of carbonyl (C=O) groups is 1. The van der Waals surface area contributed by atoms with Gasteiger partial charge < -0.3 is 9.64 Å². The second kappa shape index (κ2) is 6.67. The molecular weight excluding hydrogens is 302 g/mol. The third-order valence-corrected chi connectivity index (χ3v) is 4.20. The molecule has 0 spiro atoms. The summed E-state index contributed by atoms with van der Waals surface area (Å²) in [6, 6.07) is 10.6. The molecule has 0 unspecified atom stereocenters. The molecule has 1 aromatic carbocycles. The zero-order valence-corrected chi connectivity index (χ0v) is 14.6. The van der Waals surface area contributed by atoms with Crippen LogP contribution >= 0.6 is 0 Å². The predicted molar refractivity (Wildman–Crippen MR) is 93.7 cm³/mol. The highest BCUT2D eigenvalue weighted by Gasteiger charge is 2.27. The summed E-state index contributed by atoms with van der Waals surface area (Å²) in [4.78, 5) is 13.9. The predicted octanol–water partition coefficient (Wildman–Crippen LogP) is 4.12. The molecule has 2 aromatic rings. The van der Waals surface area contributed by atoms with Crippen molar-refractivity contribution in [3.63, 3.8) is 0 Å². The van der Waals surface area contributed by atoms with E-state index in [2.05, 4.69) is 23.4 Å². The van der Waals surface area contributed by atoms with E-state index in [0.717, 1.165) is 18.4 Å². The van der Waals surface area contributed by atoms with E-state index in [1.165, 1.54) is 5.56 Å². The van der Waals surface area contributed by atoms with E-state index in [1.54, 1.807) is 4.90 Å². The van der Waals surface area contributed by atoms with Crippen LogP contribution in [0.25, 0.3) is 11.1 Å². The average molecular weight is 327 g/mol. The summed E-state index contributed by atoms with van der Waals surface area (Å²) in [7, 11) is 0. The topological polar surface area (TPSA) is 47.4 Å². The maximum Gasteiger partial charge on any atom is 0.410 e. The SMILES string of the molecule is CC(C)(C)OC(=O)N1CCC(n2cc(-c3ccccc3)cn2)CC1. The van der Waals surface area contributed by atoms with Gasteiger partial charge in [0.05, 0.1) is 12.2 Å². The van der Waals surface area contributed by atoms with E-state index in [9.17, 15) is 4.79 Å². The largest absolute Gasteiger partial charge is 0.444 e. The first-order valence-corrected chi connectivity index (χ1v) is 8.50. The van der Waals surface area contributed by atoms with Gasteiger partial charge in [0.15, 0.2) is 0 Å². The summed E-state index contributed by atoms with van der Waals surface area (Å²) in [5, 5.41) is 4.53. The van der Waals surface area contributed by atoms with Crippen molar-refractivity contribution in [1.29, 1.82) is 0 Å². The van der Waals surface area contributed by atoms with Gasteiger partial charge in [0, 0.05) is 24.8 Å². The lowest BCUT2D eigenvalue weighted by atomic mass is 10.1. The highest BCUT2D eigenvalue weighted by atomic mass is 16.6. The summed E-state index contributed by atoms with van der Waals surface area (Å²) in [5.41, 5.74) is 1.86. The van der Waals surface area contributed by atoms with Crippen LogP contribution in [-0.4, -0.2) is 39.5 Å². The molecule has 0 bridgehead atoms. The normalized spacial score (nSPS) is 16.2. The van der Waals surface area contributed by atoms with E-state index in [4.69, 9.17) is 4.74 Å². The zero-order valence-electron chi connectivity index (χ0n) is 14.6. The Hall–Kier alpha value is -2.30. The van der Waals surface area contributed by atoms with Crippen molar-refractivity contribution in [1.82, 2.24) is 14.7 Å². The second-order valence-corrected chi connectivity index (χ2v) is 7.27. The second-order valence-electron chi connectivity index (χ2n) is 7.27. The molecule has 1 aliphatic rings. The van der Waals surface area contributed by atoms with E-state index in [0.29, 0.717) is 19.1 Å². The number of piperidine rings is 1. The van der Waals surface area contributed by atoms with Gasteiger partial charge in [0.1, 0.15) is 5.60 Å². The van der Waals surface area contributed by atoms with Crippen LogP contribution in [0.1, 0.15) is 39.7 Å². The maximum absolute atomic E-state index is 12.1. The van der Waals surface area contributed by atoms with Crippen molar-refractivity contribution in [2.75, 3.05) is 13.1 Å². The van der Waals surface area contributed by atoms with Crippen LogP contribution in [0.15, 0.2) is 42.7 Å².